The van der Waals surface area contributed by atoms with Crippen LogP contribution in [0.3, 0.4) is 0 Å². The van der Waals surface area contributed by atoms with Gasteiger partial charge in [0.25, 0.3) is 0 Å². The topological polar surface area (TPSA) is 87.2 Å². The molecule has 0 aliphatic heterocycles. The SMILES string of the molecule is CC(C(=O)O)c1ccc2ccc(C(=N)N)cc2c1. The maximum absolute atomic E-state index is 11.0. The summed E-state index contributed by atoms with van der Waals surface area (Å²) >= 11 is 0. The Labute approximate surface area is 105 Å². The smallest absolute Gasteiger partial charge is 0.310 e. The summed E-state index contributed by atoms with van der Waals surface area (Å²) in [4.78, 5) is 11.0. The fourth-order valence-corrected chi connectivity index (χ4v) is 1.84. The predicted molar refractivity (Wildman–Crippen MR) is 71.0 cm³/mol. The van der Waals surface area contributed by atoms with Crippen LogP contribution in [0.25, 0.3) is 10.8 Å². The average Bonchev–Trinajstić information content (AvgIpc) is 2.36. The van der Waals surface area contributed by atoms with Gasteiger partial charge in [-0.25, -0.2) is 0 Å². The standard InChI is InChI=1S/C14H14N2O2/c1-8(14(17)18)10-4-2-9-3-5-11(13(15)16)7-12(9)6-10/h2-8H,1H3,(H3,15,16)(H,17,18). The van der Waals surface area contributed by atoms with Crippen LogP contribution in [0.4, 0.5) is 0 Å². The summed E-state index contributed by atoms with van der Waals surface area (Å²) in [5.74, 6) is -1.39. The van der Waals surface area contributed by atoms with Crippen LogP contribution in [-0.2, 0) is 4.79 Å². The summed E-state index contributed by atoms with van der Waals surface area (Å²) in [6.45, 7) is 1.65. The first-order valence-corrected chi connectivity index (χ1v) is 5.60. The molecule has 2 aromatic rings. The molecule has 0 heterocycles. The number of nitrogens with one attached hydrogen (secondary N) is 1. The number of carbonyl (C=O) groups is 1. The van der Waals surface area contributed by atoms with E-state index in [1.54, 1.807) is 19.1 Å². The molecule has 0 amide bonds. The van der Waals surface area contributed by atoms with E-state index < -0.39 is 11.9 Å². The second kappa shape index (κ2) is 4.49. The summed E-state index contributed by atoms with van der Waals surface area (Å²) in [5.41, 5.74) is 6.83. The lowest BCUT2D eigenvalue weighted by Gasteiger charge is -2.08. The van der Waals surface area contributed by atoms with Crippen LogP contribution in [0, 0.1) is 5.41 Å². The van der Waals surface area contributed by atoms with Crippen LogP contribution < -0.4 is 5.73 Å². The van der Waals surface area contributed by atoms with Gasteiger partial charge in [-0.2, -0.15) is 0 Å². The molecule has 0 aliphatic carbocycles. The number of carboxylic acid groups (broad SMARTS) is 1. The first-order valence-electron chi connectivity index (χ1n) is 5.60. The van der Waals surface area contributed by atoms with Crippen molar-refractivity contribution in [1.29, 1.82) is 5.41 Å². The zero-order valence-corrected chi connectivity index (χ0v) is 9.97. The van der Waals surface area contributed by atoms with Crippen molar-refractivity contribution in [3.63, 3.8) is 0 Å². The average molecular weight is 242 g/mol. The van der Waals surface area contributed by atoms with Crippen molar-refractivity contribution in [3.05, 3.63) is 47.5 Å². The molecule has 1 atom stereocenters. The largest absolute Gasteiger partial charge is 0.481 e. The van der Waals surface area contributed by atoms with E-state index in [2.05, 4.69) is 0 Å². The van der Waals surface area contributed by atoms with Gasteiger partial charge in [0.05, 0.1) is 5.92 Å². The number of rotatable bonds is 3. The minimum absolute atomic E-state index is 0.00795. The third-order valence-electron chi connectivity index (χ3n) is 3.05. The molecule has 0 aliphatic rings. The number of hydrogen-bond acceptors (Lipinski definition) is 2. The van der Waals surface area contributed by atoms with E-state index in [9.17, 15) is 4.79 Å². The van der Waals surface area contributed by atoms with Crippen LogP contribution in [-0.4, -0.2) is 16.9 Å². The molecule has 2 rings (SSSR count). The lowest BCUT2D eigenvalue weighted by Crippen LogP contribution is -2.10. The number of amidine groups is 1. The third kappa shape index (κ3) is 2.18. The molecule has 2 aromatic carbocycles. The highest BCUT2D eigenvalue weighted by Gasteiger charge is 2.13. The second-order valence-corrected chi connectivity index (χ2v) is 4.29. The zero-order valence-electron chi connectivity index (χ0n) is 9.97. The number of carboxylic acids is 1. The Morgan fingerprint density at radius 3 is 2.50 bits per heavy atom. The van der Waals surface area contributed by atoms with Gasteiger partial charge in [0.15, 0.2) is 0 Å². The number of hydrogen-bond donors (Lipinski definition) is 3. The maximum atomic E-state index is 11.0. The number of fused-ring (bicyclic) bond motifs is 1. The van der Waals surface area contributed by atoms with E-state index in [-0.39, 0.29) is 5.84 Å². The lowest BCUT2D eigenvalue weighted by atomic mass is 9.97. The van der Waals surface area contributed by atoms with E-state index in [0.29, 0.717) is 5.56 Å². The fourth-order valence-electron chi connectivity index (χ4n) is 1.84. The summed E-state index contributed by atoms with van der Waals surface area (Å²) in [6, 6.07) is 11.0. The van der Waals surface area contributed by atoms with E-state index >= 15 is 0 Å². The molecule has 0 aromatic heterocycles. The van der Waals surface area contributed by atoms with Crippen molar-refractivity contribution in [1.82, 2.24) is 0 Å². The summed E-state index contributed by atoms with van der Waals surface area (Å²) in [5, 5.41) is 18.3. The Morgan fingerprint density at radius 2 is 1.89 bits per heavy atom. The molecular formula is C14H14N2O2. The van der Waals surface area contributed by atoms with Gasteiger partial charge >= 0.3 is 5.97 Å². The summed E-state index contributed by atoms with van der Waals surface area (Å²) in [7, 11) is 0. The first kappa shape index (κ1) is 12.1. The molecule has 0 radical (unpaired) electrons. The Hall–Kier alpha value is -2.36. The minimum Gasteiger partial charge on any atom is -0.481 e. The zero-order chi connectivity index (χ0) is 13.3. The van der Waals surface area contributed by atoms with Gasteiger partial charge in [0, 0.05) is 5.56 Å². The second-order valence-electron chi connectivity index (χ2n) is 4.29. The molecule has 0 bridgehead atoms. The Bertz CT molecular complexity index is 635. The van der Waals surface area contributed by atoms with Gasteiger partial charge in [0.1, 0.15) is 5.84 Å². The Morgan fingerprint density at radius 1 is 1.22 bits per heavy atom. The molecule has 1 unspecified atom stereocenters. The molecule has 92 valence electrons. The monoisotopic (exact) mass is 242 g/mol. The van der Waals surface area contributed by atoms with Crippen molar-refractivity contribution in [2.45, 2.75) is 12.8 Å². The minimum atomic E-state index is -0.850. The Balaban J connectivity index is 2.55. The van der Waals surface area contributed by atoms with Crippen LogP contribution in [0.1, 0.15) is 24.0 Å². The Kier molecular flexibility index (Phi) is 3.02. The van der Waals surface area contributed by atoms with Crippen molar-refractivity contribution in [2.75, 3.05) is 0 Å². The van der Waals surface area contributed by atoms with Crippen molar-refractivity contribution < 1.29 is 9.90 Å². The van der Waals surface area contributed by atoms with Gasteiger partial charge in [-0.15, -0.1) is 0 Å². The molecule has 0 spiro atoms. The number of nitrogen functional groups attached to an aromatic ring is 1. The molecule has 0 saturated carbocycles. The quantitative estimate of drug-likeness (QED) is 0.570. The first-order chi connectivity index (χ1) is 8.49. The molecular weight excluding hydrogens is 228 g/mol. The number of benzene rings is 2. The van der Waals surface area contributed by atoms with Gasteiger partial charge in [-0.05, 0) is 29.3 Å². The molecule has 0 fully saturated rings. The van der Waals surface area contributed by atoms with E-state index in [4.69, 9.17) is 16.2 Å². The highest BCUT2D eigenvalue weighted by molar-refractivity contribution is 5.99. The lowest BCUT2D eigenvalue weighted by molar-refractivity contribution is -0.138. The maximum Gasteiger partial charge on any atom is 0.310 e. The summed E-state index contributed by atoms with van der Waals surface area (Å²) < 4.78 is 0. The van der Waals surface area contributed by atoms with Crippen molar-refractivity contribution >= 4 is 22.6 Å². The highest BCUT2D eigenvalue weighted by Crippen LogP contribution is 2.22. The van der Waals surface area contributed by atoms with Crippen LogP contribution >= 0.6 is 0 Å². The van der Waals surface area contributed by atoms with E-state index in [0.717, 1.165) is 16.3 Å². The number of nitrogens with two attached hydrogens (primary N) is 1. The van der Waals surface area contributed by atoms with Crippen molar-refractivity contribution in [3.8, 4) is 0 Å². The van der Waals surface area contributed by atoms with Gasteiger partial charge in [-0.3, -0.25) is 10.2 Å². The van der Waals surface area contributed by atoms with Crippen LogP contribution in [0.5, 0.6) is 0 Å². The number of aliphatic carboxylic acids is 1. The van der Waals surface area contributed by atoms with E-state index in [1.807, 2.05) is 24.3 Å². The fraction of sp³-hybridized carbons (Fsp3) is 0.143. The predicted octanol–water partition coefficient (Wildman–Crippen LogP) is 2.31. The third-order valence-corrected chi connectivity index (χ3v) is 3.05. The van der Waals surface area contributed by atoms with E-state index in [1.165, 1.54) is 0 Å². The molecule has 4 N–H and O–H groups in total. The van der Waals surface area contributed by atoms with Crippen LogP contribution in [0.2, 0.25) is 0 Å². The molecule has 4 heteroatoms. The summed E-state index contributed by atoms with van der Waals surface area (Å²) in [6.07, 6.45) is 0. The normalized spacial score (nSPS) is 12.3. The molecule has 18 heavy (non-hydrogen) atoms. The molecule has 4 nitrogen and oxygen atoms in total. The van der Waals surface area contributed by atoms with Crippen LogP contribution in [0.15, 0.2) is 36.4 Å². The van der Waals surface area contributed by atoms with Gasteiger partial charge < -0.3 is 10.8 Å². The van der Waals surface area contributed by atoms with Gasteiger partial charge in [0.2, 0.25) is 0 Å². The van der Waals surface area contributed by atoms with Gasteiger partial charge in [-0.1, -0.05) is 30.3 Å². The highest BCUT2D eigenvalue weighted by atomic mass is 16.4. The van der Waals surface area contributed by atoms with Crippen molar-refractivity contribution in [2.24, 2.45) is 5.73 Å². The molecule has 0 saturated heterocycles.